The van der Waals surface area contributed by atoms with Gasteiger partial charge in [0.2, 0.25) is 11.8 Å². The summed E-state index contributed by atoms with van der Waals surface area (Å²) >= 11 is 0. The van der Waals surface area contributed by atoms with Crippen molar-refractivity contribution in [3.63, 3.8) is 0 Å². The van der Waals surface area contributed by atoms with Gasteiger partial charge >= 0.3 is 0 Å². The number of methoxy groups -OCH3 is 2. The quantitative estimate of drug-likeness (QED) is 0.625. The van der Waals surface area contributed by atoms with Crippen molar-refractivity contribution >= 4 is 23.2 Å². The topological polar surface area (TPSA) is 111 Å². The zero-order valence-corrected chi connectivity index (χ0v) is 17.7. The summed E-state index contributed by atoms with van der Waals surface area (Å²) in [5.74, 6) is -0.391. The third-order valence-corrected chi connectivity index (χ3v) is 5.25. The molecule has 10 nitrogen and oxygen atoms in total. The van der Waals surface area contributed by atoms with Gasteiger partial charge in [0, 0.05) is 24.7 Å². The van der Waals surface area contributed by atoms with Crippen LogP contribution in [0.2, 0.25) is 0 Å². The second kappa shape index (κ2) is 8.61. The normalized spacial score (nSPS) is 15.7. The van der Waals surface area contributed by atoms with Gasteiger partial charge in [0.05, 0.1) is 31.5 Å². The lowest BCUT2D eigenvalue weighted by molar-refractivity contribution is -0.122. The number of tetrazole rings is 1. The Morgan fingerprint density at radius 1 is 1.12 bits per heavy atom. The molecule has 2 aromatic carbocycles. The van der Waals surface area contributed by atoms with Crippen molar-refractivity contribution in [2.45, 2.75) is 13.3 Å². The number of amides is 2. The highest BCUT2D eigenvalue weighted by Gasteiger charge is 2.35. The molecule has 2 amide bonds. The molecular weight excluding hydrogens is 419 g/mol. The number of rotatable bonds is 6. The van der Waals surface area contributed by atoms with Crippen molar-refractivity contribution in [1.82, 2.24) is 20.2 Å². The van der Waals surface area contributed by atoms with Crippen molar-refractivity contribution in [2.24, 2.45) is 5.92 Å². The number of aryl methyl sites for hydroxylation is 1. The van der Waals surface area contributed by atoms with Crippen LogP contribution in [0.5, 0.6) is 11.5 Å². The Balaban J connectivity index is 1.51. The van der Waals surface area contributed by atoms with Gasteiger partial charge in [-0.25, -0.2) is 4.39 Å². The van der Waals surface area contributed by atoms with E-state index < -0.39 is 17.6 Å². The van der Waals surface area contributed by atoms with Crippen LogP contribution in [0.4, 0.5) is 15.8 Å². The number of hydrogen-bond acceptors (Lipinski definition) is 7. The van der Waals surface area contributed by atoms with E-state index in [0.29, 0.717) is 28.7 Å². The predicted octanol–water partition coefficient (Wildman–Crippen LogP) is 2.12. The lowest BCUT2D eigenvalue weighted by Gasteiger charge is -2.18. The molecule has 1 N–H and O–H groups in total. The van der Waals surface area contributed by atoms with E-state index in [0.717, 1.165) is 0 Å². The third-order valence-electron chi connectivity index (χ3n) is 5.25. The van der Waals surface area contributed by atoms with E-state index in [2.05, 4.69) is 20.8 Å². The number of carbonyl (C=O) groups excluding carboxylic acids is 2. The first-order valence-corrected chi connectivity index (χ1v) is 9.79. The van der Waals surface area contributed by atoms with Gasteiger partial charge < -0.3 is 19.7 Å². The first-order chi connectivity index (χ1) is 15.4. The molecule has 0 saturated carbocycles. The molecule has 1 aromatic heterocycles. The standard InChI is InChI=1S/C21H21FN6O4/c1-12-24-25-26-28(12)15-4-6-16(22)17(9-15)23-21(30)13-8-20(29)27(11-13)14-5-7-18(31-2)19(10-14)32-3/h4-7,9-10,13H,8,11H2,1-3H3,(H,23,30). The van der Waals surface area contributed by atoms with Gasteiger partial charge in [0.15, 0.2) is 17.3 Å². The minimum atomic E-state index is -0.645. The number of aromatic nitrogens is 4. The highest BCUT2D eigenvalue weighted by Crippen LogP contribution is 2.34. The number of carbonyl (C=O) groups is 2. The molecule has 0 spiro atoms. The molecule has 11 heteroatoms. The molecule has 4 rings (SSSR count). The zero-order valence-electron chi connectivity index (χ0n) is 17.7. The number of benzene rings is 2. The Hall–Kier alpha value is -4.02. The van der Waals surface area contributed by atoms with Gasteiger partial charge in [-0.15, -0.1) is 5.10 Å². The van der Waals surface area contributed by atoms with Crippen molar-refractivity contribution < 1.29 is 23.5 Å². The first-order valence-electron chi connectivity index (χ1n) is 9.79. The maximum absolute atomic E-state index is 14.4. The molecule has 0 aliphatic carbocycles. The summed E-state index contributed by atoms with van der Waals surface area (Å²) in [6, 6.07) is 9.26. The zero-order chi connectivity index (χ0) is 22.8. The second-order valence-corrected chi connectivity index (χ2v) is 7.24. The average molecular weight is 440 g/mol. The van der Waals surface area contributed by atoms with E-state index in [1.807, 2.05) is 0 Å². The monoisotopic (exact) mass is 440 g/mol. The third kappa shape index (κ3) is 3.96. The lowest BCUT2D eigenvalue weighted by Crippen LogP contribution is -2.28. The molecule has 3 aromatic rings. The molecule has 2 heterocycles. The Bertz CT molecular complexity index is 1180. The van der Waals surface area contributed by atoms with Crippen LogP contribution >= 0.6 is 0 Å². The number of nitrogens with one attached hydrogen (secondary N) is 1. The maximum Gasteiger partial charge on any atom is 0.229 e. The lowest BCUT2D eigenvalue weighted by atomic mass is 10.1. The smallest absolute Gasteiger partial charge is 0.229 e. The number of halogens is 1. The van der Waals surface area contributed by atoms with E-state index in [1.165, 1.54) is 42.0 Å². The Morgan fingerprint density at radius 3 is 2.56 bits per heavy atom. The van der Waals surface area contributed by atoms with Crippen LogP contribution in [0, 0.1) is 18.7 Å². The molecule has 166 valence electrons. The molecule has 1 aliphatic heterocycles. The highest BCUT2D eigenvalue weighted by molar-refractivity contribution is 6.03. The second-order valence-electron chi connectivity index (χ2n) is 7.24. The van der Waals surface area contributed by atoms with Gasteiger partial charge in [-0.2, -0.15) is 4.68 Å². The highest BCUT2D eigenvalue weighted by atomic mass is 19.1. The molecular formula is C21H21FN6O4. The number of hydrogen-bond donors (Lipinski definition) is 1. The van der Waals surface area contributed by atoms with E-state index in [-0.39, 0.29) is 24.6 Å². The largest absolute Gasteiger partial charge is 0.493 e. The van der Waals surface area contributed by atoms with E-state index in [4.69, 9.17) is 9.47 Å². The van der Waals surface area contributed by atoms with Gasteiger partial charge in [0.25, 0.3) is 0 Å². The van der Waals surface area contributed by atoms with E-state index in [9.17, 15) is 14.0 Å². The minimum Gasteiger partial charge on any atom is -0.493 e. The molecule has 1 fully saturated rings. The summed E-state index contributed by atoms with van der Waals surface area (Å²) in [7, 11) is 3.02. The van der Waals surface area contributed by atoms with Crippen LogP contribution in [0.15, 0.2) is 36.4 Å². The predicted molar refractivity (Wildman–Crippen MR) is 112 cm³/mol. The Labute approximate surface area is 182 Å². The van der Waals surface area contributed by atoms with Crippen LogP contribution < -0.4 is 19.7 Å². The summed E-state index contributed by atoms with van der Waals surface area (Å²) in [6.45, 7) is 1.86. The summed E-state index contributed by atoms with van der Waals surface area (Å²) in [5, 5.41) is 13.8. The maximum atomic E-state index is 14.4. The fourth-order valence-corrected chi connectivity index (χ4v) is 3.57. The molecule has 1 atom stereocenters. The summed E-state index contributed by atoms with van der Waals surface area (Å²) in [4.78, 5) is 26.9. The van der Waals surface area contributed by atoms with Crippen LogP contribution in [-0.4, -0.2) is 52.8 Å². The van der Waals surface area contributed by atoms with Crippen molar-refractivity contribution in [3.05, 3.63) is 48.0 Å². The molecule has 1 aliphatic rings. The minimum absolute atomic E-state index is 0.00753. The molecule has 1 saturated heterocycles. The van der Waals surface area contributed by atoms with Crippen LogP contribution in [-0.2, 0) is 9.59 Å². The average Bonchev–Trinajstić information content (AvgIpc) is 3.40. The summed E-state index contributed by atoms with van der Waals surface area (Å²) in [6.07, 6.45) is 0.00753. The van der Waals surface area contributed by atoms with Gasteiger partial charge in [-0.05, 0) is 47.7 Å². The SMILES string of the molecule is COc1ccc(N2CC(C(=O)Nc3cc(-n4nnnc4C)ccc3F)CC2=O)cc1OC. The van der Waals surface area contributed by atoms with Crippen molar-refractivity contribution in [2.75, 3.05) is 31.0 Å². The molecule has 32 heavy (non-hydrogen) atoms. The van der Waals surface area contributed by atoms with Crippen molar-refractivity contribution in [1.29, 1.82) is 0 Å². The van der Waals surface area contributed by atoms with Crippen molar-refractivity contribution in [3.8, 4) is 17.2 Å². The van der Waals surface area contributed by atoms with Gasteiger partial charge in [0.1, 0.15) is 5.82 Å². The van der Waals surface area contributed by atoms with Crippen LogP contribution in [0.3, 0.4) is 0 Å². The van der Waals surface area contributed by atoms with Gasteiger partial charge in [-0.1, -0.05) is 0 Å². The van der Waals surface area contributed by atoms with Gasteiger partial charge in [-0.3, -0.25) is 9.59 Å². The van der Waals surface area contributed by atoms with Crippen LogP contribution in [0.1, 0.15) is 12.2 Å². The number of anilines is 2. The molecule has 1 unspecified atom stereocenters. The number of nitrogens with zero attached hydrogens (tertiary/aromatic N) is 5. The van der Waals surface area contributed by atoms with Crippen LogP contribution in [0.25, 0.3) is 5.69 Å². The molecule has 0 bridgehead atoms. The summed E-state index contributed by atoms with van der Waals surface area (Å²) in [5.41, 5.74) is 1.07. The Morgan fingerprint density at radius 2 is 1.88 bits per heavy atom. The molecule has 0 radical (unpaired) electrons. The fraction of sp³-hybridized carbons (Fsp3) is 0.286. The van der Waals surface area contributed by atoms with E-state index in [1.54, 1.807) is 25.1 Å². The summed E-state index contributed by atoms with van der Waals surface area (Å²) < 4.78 is 26.3. The Kier molecular flexibility index (Phi) is 5.71. The number of ether oxygens (including phenoxy) is 2. The van der Waals surface area contributed by atoms with E-state index >= 15 is 0 Å². The fourth-order valence-electron chi connectivity index (χ4n) is 3.57. The first kappa shape index (κ1) is 21.2.